The Balaban J connectivity index is 3.57. The summed E-state index contributed by atoms with van der Waals surface area (Å²) in [5.74, 6) is 0. The van der Waals surface area contributed by atoms with E-state index in [4.69, 9.17) is 10.7 Å². The predicted molar refractivity (Wildman–Crippen MR) is 65.4 cm³/mol. The molecule has 0 bridgehead atoms. The summed E-state index contributed by atoms with van der Waals surface area (Å²) >= 11 is 0. The van der Waals surface area contributed by atoms with Gasteiger partial charge in [-0.3, -0.25) is 0 Å². The van der Waals surface area contributed by atoms with Crippen LogP contribution in [0.25, 0.3) is 0 Å². The maximum absolute atomic E-state index is 12.1. The quantitative estimate of drug-likeness (QED) is 0.781. The number of aryl methyl sites for hydroxylation is 2. The van der Waals surface area contributed by atoms with Gasteiger partial charge in [0.1, 0.15) is 0 Å². The van der Waals surface area contributed by atoms with Gasteiger partial charge in [-0.2, -0.15) is 8.42 Å². The van der Waals surface area contributed by atoms with Gasteiger partial charge in [-0.25, -0.2) is 4.21 Å². The van der Waals surface area contributed by atoms with Crippen LogP contribution in [0.4, 0.5) is 0 Å². The van der Waals surface area contributed by atoms with Gasteiger partial charge in [-0.15, -0.1) is 0 Å². The molecule has 1 rings (SSSR count). The first-order chi connectivity index (χ1) is 7.12. The van der Waals surface area contributed by atoms with Crippen LogP contribution in [0.15, 0.2) is 26.9 Å². The smallest absolute Gasteiger partial charge is 0.244 e. The monoisotopic (exact) mass is 281 g/mol. The normalized spacial score (nSPS) is 15.5. The highest BCUT2D eigenvalue weighted by Crippen LogP contribution is 2.20. The van der Waals surface area contributed by atoms with Gasteiger partial charge in [0.2, 0.25) is 0 Å². The third kappa shape index (κ3) is 3.47. The third-order valence-electron chi connectivity index (χ3n) is 1.98. The lowest BCUT2D eigenvalue weighted by molar-refractivity contribution is 0.611. The molecule has 0 saturated carbocycles. The zero-order valence-electron chi connectivity index (χ0n) is 9.10. The van der Waals surface area contributed by atoms with Gasteiger partial charge in [0, 0.05) is 16.9 Å². The molecule has 0 fully saturated rings. The van der Waals surface area contributed by atoms with Crippen LogP contribution in [0, 0.1) is 13.8 Å². The van der Waals surface area contributed by atoms with E-state index in [1.165, 1.54) is 6.26 Å². The molecule has 0 radical (unpaired) electrons. The first kappa shape index (κ1) is 13.5. The van der Waals surface area contributed by atoms with Crippen molar-refractivity contribution in [2.75, 3.05) is 6.26 Å². The second-order valence-corrected chi connectivity index (χ2v) is 8.19. The molecule has 0 aliphatic rings. The van der Waals surface area contributed by atoms with Gasteiger partial charge in [0.05, 0.1) is 14.6 Å². The summed E-state index contributed by atoms with van der Waals surface area (Å²) in [6.07, 6.45) is 1.26. The highest BCUT2D eigenvalue weighted by atomic mass is 35.7. The lowest BCUT2D eigenvalue weighted by Gasteiger charge is -2.07. The van der Waals surface area contributed by atoms with E-state index in [9.17, 15) is 12.6 Å². The number of rotatable bonds is 2. The summed E-state index contributed by atoms with van der Waals surface area (Å²) in [6, 6.07) is 5.27. The van der Waals surface area contributed by atoms with Crippen molar-refractivity contribution in [2.45, 2.75) is 18.7 Å². The number of benzene rings is 1. The lowest BCUT2D eigenvalue weighted by Crippen LogP contribution is -2.03. The Morgan fingerprint density at radius 3 is 2.25 bits per heavy atom. The molecule has 0 heterocycles. The molecule has 7 heteroatoms. The van der Waals surface area contributed by atoms with Gasteiger partial charge in [0.25, 0.3) is 0 Å². The molecule has 0 aromatic heterocycles. The van der Waals surface area contributed by atoms with Crippen molar-refractivity contribution < 1.29 is 12.6 Å². The fraction of sp³-hybridized carbons (Fsp3) is 0.333. The van der Waals surface area contributed by atoms with E-state index in [0.717, 1.165) is 11.1 Å². The van der Waals surface area contributed by atoms with Crippen LogP contribution in [-0.2, 0) is 19.0 Å². The molecular formula is C9H12ClNO3S2. The Morgan fingerprint density at radius 2 is 1.75 bits per heavy atom. The molecular weight excluding hydrogens is 270 g/mol. The van der Waals surface area contributed by atoms with Crippen LogP contribution >= 0.6 is 10.7 Å². The second-order valence-electron chi connectivity index (χ2n) is 3.56. The minimum absolute atomic E-state index is 0.400. The van der Waals surface area contributed by atoms with Crippen molar-refractivity contribution in [1.29, 1.82) is 0 Å². The van der Waals surface area contributed by atoms with Crippen LogP contribution in [0.2, 0.25) is 0 Å². The van der Waals surface area contributed by atoms with Gasteiger partial charge < -0.3 is 0 Å². The first-order valence-corrected chi connectivity index (χ1v) is 8.56. The summed E-state index contributed by atoms with van der Waals surface area (Å²) in [4.78, 5) is 0.400. The first-order valence-electron chi connectivity index (χ1n) is 4.37. The zero-order chi connectivity index (χ0) is 12.6. The summed E-state index contributed by atoms with van der Waals surface area (Å²) in [5, 5.41) is 0. The Kier molecular flexibility index (Phi) is 3.66. The predicted octanol–water partition coefficient (Wildman–Crippen LogP) is 2.24. The Labute approximate surface area is 100 Å². The Bertz CT molecular complexity index is 628. The highest BCUT2D eigenvalue weighted by molar-refractivity contribution is 8.17. The minimum atomic E-state index is -4.14. The van der Waals surface area contributed by atoms with Gasteiger partial charge in [-0.1, -0.05) is 15.9 Å². The molecule has 1 aromatic carbocycles. The second kappa shape index (κ2) is 4.35. The molecule has 0 N–H and O–H groups in total. The largest absolute Gasteiger partial charge is 0.347 e. The molecule has 0 aliphatic carbocycles. The minimum Gasteiger partial charge on any atom is -0.244 e. The van der Waals surface area contributed by atoms with Crippen LogP contribution in [-0.4, -0.2) is 18.9 Å². The van der Waals surface area contributed by atoms with Crippen molar-refractivity contribution in [3.63, 3.8) is 0 Å². The van der Waals surface area contributed by atoms with Crippen LogP contribution in [0.1, 0.15) is 11.1 Å². The van der Waals surface area contributed by atoms with Crippen LogP contribution < -0.4 is 0 Å². The van der Waals surface area contributed by atoms with Crippen LogP contribution in [0.3, 0.4) is 0 Å². The summed E-state index contributed by atoms with van der Waals surface area (Å²) in [7, 11) is -2.17. The van der Waals surface area contributed by atoms with Gasteiger partial charge in [-0.05, 0) is 31.0 Å². The summed E-state index contributed by atoms with van der Waals surface area (Å²) < 4.78 is 37.0. The number of halogens is 1. The van der Waals surface area contributed by atoms with Crippen molar-refractivity contribution in [2.24, 2.45) is 3.77 Å². The summed E-state index contributed by atoms with van der Waals surface area (Å²) in [5.41, 5.74) is 1.61. The fourth-order valence-corrected chi connectivity index (χ4v) is 5.04. The van der Waals surface area contributed by atoms with E-state index in [2.05, 4.69) is 3.77 Å². The molecule has 0 aliphatic heterocycles. The van der Waals surface area contributed by atoms with Crippen molar-refractivity contribution >= 4 is 29.6 Å². The topological polar surface area (TPSA) is 63.6 Å². The average Bonchev–Trinajstić information content (AvgIpc) is 2.04. The third-order valence-corrected chi connectivity index (χ3v) is 5.60. The molecule has 4 nitrogen and oxygen atoms in total. The Hall–Kier alpha value is -0.590. The highest BCUT2D eigenvalue weighted by Gasteiger charge is 2.14. The number of hydrogen-bond acceptors (Lipinski definition) is 3. The standard InChI is InChI=1S/C9H12ClNO3S2/c1-7-4-5-8(2)9(6-7)15(3,12)11-16(10,13)14/h4-6H,1-3H3/t15-/m0/s1. The van der Waals surface area contributed by atoms with Crippen LogP contribution in [0.5, 0.6) is 0 Å². The molecule has 0 amide bonds. The zero-order valence-corrected chi connectivity index (χ0v) is 11.5. The van der Waals surface area contributed by atoms with E-state index in [-0.39, 0.29) is 0 Å². The van der Waals surface area contributed by atoms with Crippen molar-refractivity contribution in [3.05, 3.63) is 29.3 Å². The molecule has 0 spiro atoms. The van der Waals surface area contributed by atoms with Crippen molar-refractivity contribution in [1.82, 2.24) is 0 Å². The molecule has 90 valence electrons. The van der Waals surface area contributed by atoms with E-state index >= 15 is 0 Å². The molecule has 1 atom stereocenters. The molecule has 16 heavy (non-hydrogen) atoms. The van der Waals surface area contributed by atoms with E-state index in [0.29, 0.717) is 4.90 Å². The van der Waals surface area contributed by atoms with Gasteiger partial charge in [0.15, 0.2) is 0 Å². The van der Waals surface area contributed by atoms with Crippen molar-refractivity contribution in [3.8, 4) is 0 Å². The lowest BCUT2D eigenvalue weighted by atomic mass is 10.2. The summed E-state index contributed by atoms with van der Waals surface area (Å²) in [6.45, 7) is 3.57. The van der Waals surface area contributed by atoms with E-state index in [1.54, 1.807) is 19.1 Å². The molecule has 1 aromatic rings. The maximum Gasteiger partial charge on any atom is 0.347 e. The molecule has 0 saturated heterocycles. The fourth-order valence-electron chi connectivity index (χ4n) is 1.33. The average molecular weight is 282 g/mol. The number of nitrogens with zero attached hydrogens (tertiary/aromatic N) is 1. The molecule has 0 unspecified atom stereocenters. The van der Waals surface area contributed by atoms with E-state index < -0.39 is 19.0 Å². The SMILES string of the molecule is Cc1ccc(C)c([S@](C)(=O)=NS(=O)(=O)Cl)c1. The van der Waals surface area contributed by atoms with E-state index in [1.807, 2.05) is 13.0 Å². The Morgan fingerprint density at radius 1 is 1.19 bits per heavy atom. The number of hydrogen-bond donors (Lipinski definition) is 0. The maximum atomic E-state index is 12.1. The van der Waals surface area contributed by atoms with Gasteiger partial charge >= 0.3 is 9.24 Å².